The van der Waals surface area contributed by atoms with Crippen LogP contribution in [0.25, 0.3) is 0 Å². The highest BCUT2D eigenvalue weighted by Gasteiger charge is 2.24. The van der Waals surface area contributed by atoms with Gasteiger partial charge in [0.2, 0.25) is 5.88 Å². The predicted molar refractivity (Wildman–Crippen MR) is 54.0 cm³/mol. The average Bonchev–Trinajstić information content (AvgIpc) is 3.01. The number of rotatable bonds is 3. The Bertz CT molecular complexity index is 385. The van der Waals surface area contributed by atoms with Crippen LogP contribution in [0.15, 0.2) is 12.1 Å². The lowest BCUT2D eigenvalue weighted by molar-refractivity contribution is 0.0599. The third-order valence-corrected chi connectivity index (χ3v) is 2.28. The molecule has 0 atom stereocenters. The summed E-state index contributed by atoms with van der Waals surface area (Å²) in [4.78, 5) is 15.5. The van der Waals surface area contributed by atoms with E-state index in [0.717, 1.165) is 12.8 Å². The third-order valence-electron chi connectivity index (χ3n) is 2.28. The summed E-state index contributed by atoms with van der Waals surface area (Å²) in [5, 5.41) is 0. The number of nitrogens with zero attached hydrogens (tertiary/aromatic N) is 1. The maximum absolute atomic E-state index is 11.3. The first kappa shape index (κ1) is 9.96. The summed E-state index contributed by atoms with van der Waals surface area (Å²) in [5.74, 6) is 0.223. The summed E-state index contributed by atoms with van der Waals surface area (Å²) >= 11 is 0. The minimum atomic E-state index is -0.363. The van der Waals surface area contributed by atoms with Crippen molar-refractivity contribution in [2.45, 2.75) is 25.9 Å². The van der Waals surface area contributed by atoms with Gasteiger partial charge in [0.15, 0.2) is 0 Å². The highest BCUT2D eigenvalue weighted by molar-refractivity contribution is 5.90. The summed E-state index contributed by atoms with van der Waals surface area (Å²) in [6.45, 7) is 1.77. The van der Waals surface area contributed by atoms with Gasteiger partial charge in [-0.3, -0.25) is 0 Å². The molecule has 1 aromatic rings. The van der Waals surface area contributed by atoms with Crippen LogP contribution in [0.4, 0.5) is 0 Å². The van der Waals surface area contributed by atoms with Crippen LogP contribution in [0.3, 0.4) is 0 Å². The Balaban J connectivity index is 2.17. The van der Waals surface area contributed by atoms with E-state index in [0.29, 0.717) is 23.2 Å². The molecule has 0 spiro atoms. The smallest absolute Gasteiger partial charge is 0.339 e. The second kappa shape index (κ2) is 3.88. The van der Waals surface area contributed by atoms with Crippen molar-refractivity contribution in [1.29, 1.82) is 0 Å². The van der Waals surface area contributed by atoms with Crippen LogP contribution in [-0.4, -0.2) is 24.2 Å². The minimum Gasteiger partial charge on any atom is -0.474 e. The number of hydrogen-bond donors (Lipinski definition) is 0. The standard InChI is InChI=1S/C11H13NO3/c1-7-9(11(13)14-2)5-6-10(12-7)15-8-3-4-8/h5-6,8H,3-4H2,1-2H3. The molecule has 0 radical (unpaired) electrons. The van der Waals surface area contributed by atoms with E-state index in [4.69, 9.17) is 4.74 Å². The molecule has 0 N–H and O–H groups in total. The molecule has 0 aromatic carbocycles. The summed E-state index contributed by atoms with van der Waals surface area (Å²) in [6.07, 6.45) is 2.51. The van der Waals surface area contributed by atoms with Crippen LogP contribution < -0.4 is 4.74 Å². The number of hydrogen-bond acceptors (Lipinski definition) is 4. The first-order chi connectivity index (χ1) is 7.20. The highest BCUT2D eigenvalue weighted by Crippen LogP contribution is 2.26. The van der Waals surface area contributed by atoms with E-state index >= 15 is 0 Å². The number of aromatic nitrogens is 1. The molecule has 1 fully saturated rings. The molecule has 1 saturated carbocycles. The second-order valence-corrected chi connectivity index (χ2v) is 3.59. The topological polar surface area (TPSA) is 48.4 Å². The number of aryl methyl sites for hydroxylation is 1. The van der Waals surface area contributed by atoms with E-state index in [1.807, 2.05) is 0 Å². The Labute approximate surface area is 88.2 Å². The molecule has 1 aliphatic carbocycles. The van der Waals surface area contributed by atoms with Crippen LogP contribution in [-0.2, 0) is 4.74 Å². The van der Waals surface area contributed by atoms with Gasteiger partial charge in [0, 0.05) is 6.07 Å². The van der Waals surface area contributed by atoms with E-state index in [1.165, 1.54) is 7.11 Å². The van der Waals surface area contributed by atoms with Gasteiger partial charge < -0.3 is 9.47 Å². The van der Waals surface area contributed by atoms with E-state index in [2.05, 4.69) is 9.72 Å². The van der Waals surface area contributed by atoms with Gasteiger partial charge in [-0.15, -0.1) is 0 Å². The molecule has 2 rings (SSSR count). The summed E-state index contributed by atoms with van der Waals surface area (Å²) in [6, 6.07) is 3.39. The molecule has 4 heteroatoms. The van der Waals surface area contributed by atoms with Crippen molar-refractivity contribution in [2.24, 2.45) is 0 Å². The van der Waals surface area contributed by atoms with Crippen LogP contribution in [0, 0.1) is 6.92 Å². The molecular weight excluding hydrogens is 194 g/mol. The van der Waals surface area contributed by atoms with E-state index in [-0.39, 0.29) is 5.97 Å². The van der Waals surface area contributed by atoms with Gasteiger partial charge in [0.05, 0.1) is 18.4 Å². The zero-order valence-corrected chi connectivity index (χ0v) is 8.82. The van der Waals surface area contributed by atoms with Gasteiger partial charge in [-0.2, -0.15) is 0 Å². The Morgan fingerprint density at radius 2 is 2.20 bits per heavy atom. The molecule has 4 nitrogen and oxygen atoms in total. The Morgan fingerprint density at radius 3 is 2.73 bits per heavy atom. The number of carbonyl (C=O) groups is 1. The highest BCUT2D eigenvalue weighted by atomic mass is 16.5. The number of carbonyl (C=O) groups excluding carboxylic acids is 1. The zero-order chi connectivity index (χ0) is 10.8. The van der Waals surface area contributed by atoms with Crippen molar-refractivity contribution in [2.75, 3.05) is 7.11 Å². The third kappa shape index (κ3) is 2.26. The summed E-state index contributed by atoms with van der Waals surface area (Å²) < 4.78 is 10.1. The van der Waals surface area contributed by atoms with Crippen molar-refractivity contribution >= 4 is 5.97 Å². The van der Waals surface area contributed by atoms with Crippen molar-refractivity contribution in [1.82, 2.24) is 4.98 Å². The lowest BCUT2D eigenvalue weighted by Gasteiger charge is -2.06. The molecular formula is C11H13NO3. The van der Waals surface area contributed by atoms with Gasteiger partial charge >= 0.3 is 5.97 Å². The maximum atomic E-state index is 11.3. The molecule has 1 aliphatic rings. The minimum absolute atomic E-state index is 0.320. The molecule has 0 amide bonds. The fraction of sp³-hybridized carbons (Fsp3) is 0.455. The van der Waals surface area contributed by atoms with Gasteiger partial charge in [0.1, 0.15) is 6.10 Å². The van der Waals surface area contributed by atoms with Crippen LogP contribution >= 0.6 is 0 Å². The van der Waals surface area contributed by atoms with Crippen molar-refractivity contribution in [3.05, 3.63) is 23.4 Å². The largest absolute Gasteiger partial charge is 0.474 e. The van der Waals surface area contributed by atoms with Gasteiger partial charge in [0.25, 0.3) is 0 Å². The molecule has 15 heavy (non-hydrogen) atoms. The van der Waals surface area contributed by atoms with Gasteiger partial charge in [-0.25, -0.2) is 9.78 Å². The SMILES string of the molecule is COC(=O)c1ccc(OC2CC2)nc1C. The molecule has 1 heterocycles. The van der Waals surface area contributed by atoms with E-state index in [1.54, 1.807) is 19.1 Å². The summed E-state index contributed by atoms with van der Waals surface area (Å²) in [7, 11) is 1.36. The Hall–Kier alpha value is -1.58. The fourth-order valence-electron chi connectivity index (χ4n) is 1.29. The lowest BCUT2D eigenvalue weighted by atomic mass is 10.2. The van der Waals surface area contributed by atoms with E-state index in [9.17, 15) is 4.79 Å². The summed E-state index contributed by atoms with van der Waals surface area (Å²) in [5.41, 5.74) is 1.13. The first-order valence-corrected chi connectivity index (χ1v) is 4.93. The molecule has 0 bridgehead atoms. The molecule has 80 valence electrons. The second-order valence-electron chi connectivity index (χ2n) is 3.59. The molecule has 0 aliphatic heterocycles. The normalized spacial score (nSPS) is 14.8. The monoisotopic (exact) mass is 207 g/mol. The number of methoxy groups -OCH3 is 1. The average molecular weight is 207 g/mol. The lowest BCUT2D eigenvalue weighted by Crippen LogP contribution is -2.07. The zero-order valence-electron chi connectivity index (χ0n) is 8.82. The molecule has 0 unspecified atom stereocenters. The van der Waals surface area contributed by atoms with Crippen molar-refractivity contribution in [3.63, 3.8) is 0 Å². The maximum Gasteiger partial charge on any atom is 0.339 e. The number of pyridine rings is 1. The van der Waals surface area contributed by atoms with Crippen molar-refractivity contribution < 1.29 is 14.3 Å². The van der Waals surface area contributed by atoms with Crippen LogP contribution in [0.1, 0.15) is 28.9 Å². The Morgan fingerprint density at radius 1 is 1.47 bits per heavy atom. The fourth-order valence-corrected chi connectivity index (χ4v) is 1.29. The predicted octanol–water partition coefficient (Wildman–Crippen LogP) is 1.72. The molecule has 1 aromatic heterocycles. The quantitative estimate of drug-likeness (QED) is 0.708. The van der Waals surface area contributed by atoms with Gasteiger partial charge in [-0.05, 0) is 25.8 Å². The van der Waals surface area contributed by atoms with Crippen LogP contribution in [0.2, 0.25) is 0 Å². The first-order valence-electron chi connectivity index (χ1n) is 4.93. The van der Waals surface area contributed by atoms with Crippen LogP contribution in [0.5, 0.6) is 5.88 Å². The van der Waals surface area contributed by atoms with E-state index < -0.39 is 0 Å². The Kier molecular flexibility index (Phi) is 2.58. The van der Waals surface area contributed by atoms with Gasteiger partial charge in [-0.1, -0.05) is 0 Å². The molecule has 0 saturated heterocycles. The van der Waals surface area contributed by atoms with Crippen molar-refractivity contribution in [3.8, 4) is 5.88 Å². The number of ether oxygens (including phenoxy) is 2. The number of esters is 1.